The molecule has 134 valence electrons. The summed E-state index contributed by atoms with van der Waals surface area (Å²) in [6, 6.07) is 5.73. The highest BCUT2D eigenvalue weighted by Crippen LogP contribution is 2.33. The van der Waals surface area contributed by atoms with Gasteiger partial charge in [0.05, 0.1) is 6.10 Å². The van der Waals surface area contributed by atoms with Crippen LogP contribution < -0.4 is 15.4 Å². The standard InChI is InChI=1S/C19H24N2O4/c22-16-10-20-8-12(16)9-21-19(23)11-24-13-5-6-18-15(7-13)14-3-1-2-4-17(14)25-18/h5-7,12,16,20,22H,1-4,8-11H2,(H,21,23). The number of aliphatic hydroxyl groups is 1. The van der Waals surface area contributed by atoms with Gasteiger partial charge in [-0.15, -0.1) is 0 Å². The lowest BCUT2D eigenvalue weighted by molar-refractivity contribution is -0.123. The summed E-state index contributed by atoms with van der Waals surface area (Å²) in [6.45, 7) is 1.75. The number of ether oxygens (including phenoxy) is 1. The van der Waals surface area contributed by atoms with Gasteiger partial charge in [-0.3, -0.25) is 4.79 Å². The number of carbonyl (C=O) groups excluding carboxylic acids is 1. The average molecular weight is 344 g/mol. The van der Waals surface area contributed by atoms with Gasteiger partial charge in [0, 0.05) is 42.9 Å². The lowest BCUT2D eigenvalue weighted by Gasteiger charge is -2.14. The molecule has 1 fully saturated rings. The molecule has 1 aliphatic heterocycles. The maximum absolute atomic E-state index is 12.0. The number of amides is 1. The van der Waals surface area contributed by atoms with Crippen molar-refractivity contribution >= 4 is 16.9 Å². The third-order valence-electron chi connectivity index (χ3n) is 5.16. The summed E-state index contributed by atoms with van der Waals surface area (Å²) in [5, 5.41) is 16.8. The van der Waals surface area contributed by atoms with Gasteiger partial charge in [0.2, 0.25) is 0 Å². The Labute approximate surface area is 146 Å². The van der Waals surface area contributed by atoms with Gasteiger partial charge in [-0.2, -0.15) is 0 Å². The van der Waals surface area contributed by atoms with Crippen molar-refractivity contribution in [3.63, 3.8) is 0 Å². The predicted octanol–water partition coefficient (Wildman–Crippen LogP) is 1.39. The second-order valence-electron chi connectivity index (χ2n) is 6.95. The highest BCUT2D eigenvalue weighted by molar-refractivity contribution is 5.84. The largest absolute Gasteiger partial charge is 0.484 e. The van der Waals surface area contributed by atoms with Gasteiger partial charge in [-0.1, -0.05) is 0 Å². The Hall–Kier alpha value is -2.05. The summed E-state index contributed by atoms with van der Waals surface area (Å²) in [5.74, 6) is 1.67. The van der Waals surface area contributed by atoms with Crippen LogP contribution in [0, 0.1) is 5.92 Å². The van der Waals surface area contributed by atoms with Crippen LogP contribution in [0.2, 0.25) is 0 Å². The van der Waals surface area contributed by atoms with E-state index >= 15 is 0 Å². The third kappa shape index (κ3) is 3.50. The summed E-state index contributed by atoms with van der Waals surface area (Å²) in [5.41, 5.74) is 2.19. The maximum Gasteiger partial charge on any atom is 0.257 e. The van der Waals surface area contributed by atoms with Crippen molar-refractivity contribution in [3.05, 3.63) is 29.5 Å². The SMILES string of the molecule is O=C(COc1ccc2oc3c(c2c1)CCCC3)NCC1CNCC1O. The van der Waals surface area contributed by atoms with Gasteiger partial charge in [-0.05, 0) is 37.5 Å². The van der Waals surface area contributed by atoms with E-state index in [1.54, 1.807) is 0 Å². The first-order valence-corrected chi connectivity index (χ1v) is 9.03. The quantitative estimate of drug-likeness (QED) is 0.763. The van der Waals surface area contributed by atoms with Crippen LogP contribution in [0.5, 0.6) is 5.75 Å². The van der Waals surface area contributed by atoms with E-state index in [4.69, 9.17) is 9.15 Å². The zero-order valence-electron chi connectivity index (χ0n) is 14.2. The van der Waals surface area contributed by atoms with Crippen molar-refractivity contribution in [3.8, 4) is 5.75 Å². The van der Waals surface area contributed by atoms with E-state index in [1.165, 1.54) is 18.4 Å². The molecular weight excluding hydrogens is 320 g/mol. The molecule has 0 radical (unpaired) electrons. The van der Waals surface area contributed by atoms with Crippen molar-refractivity contribution < 1.29 is 19.1 Å². The minimum absolute atomic E-state index is 0.0260. The lowest BCUT2D eigenvalue weighted by Crippen LogP contribution is -2.36. The lowest BCUT2D eigenvalue weighted by atomic mass is 9.96. The topological polar surface area (TPSA) is 83.7 Å². The number of aliphatic hydroxyl groups excluding tert-OH is 1. The van der Waals surface area contributed by atoms with E-state index in [0.29, 0.717) is 18.8 Å². The average Bonchev–Trinajstić information content (AvgIpc) is 3.21. The molecular formula is C19H24N2O4. The highest BCUT2D eigenvalue weighted by atomic mass is 16.5. The smallest absolute Gasteiger partial charge is 0.257 e. The number of nitrogens with one attached hydrogen (secondary N) is 2. The highest BCUT2D eigenvalue weighted by Gasteiger charge is 2.25. The van der Waals surface area contributed by atoms with Gasteiger partial charge in [0.1, 0.15) is 17.1 Å². The van der Waals surface area contributed by atoms with Crippen molar-refractivity contribution in [2.45, 2.75) is 31.8 Å². The molecule has 6 nitrogen and oxygen atoms in total. The second-order valence-corrected chi connectivity index (χ2v) is 6.95. The molecule has 2 heterocycles. The van der Waals surface area contributed by atoms with Gasteiger partial charge in [0.25, 0.3) is 5.91 Å². The summed E-state index contributed by atoms with van der Waals surface area (Å²) >= 11 is 0. The first kappa shape index (κ1) is 16.4. The van der Waals surface area contributed by atoms with Crippen LogP contribution >= 0.6 is 0 Å². The second kappa shape index (κ2) is 7.06. The normalized spacial score (nSPS) is 22.8. The van der Waals surface area contributed by atoms with Gasteiger partial charge in [-0.25, -0.2) is 0 Å². The molecule has 2 unspecified atom stereocenters. The van der Waals surface area contributed by atoms with E-state index < -0.39 is 6.10 Å². The molecule has 1 aromatic heterocycles. The first-order chi connectivity index (χ1) is 12.2. The van der Waals surface area contributed by atoms with Crippen LogP contribution in [-0.2, 0) is 17.6 Å². The molecule has 1 amide bonds. The minimum Gasteiger partial charge on any atom is -0.484 e. The molecule has 2 atom stereocenters. The van der Waals surface area contributed by atoms with Crippen molar-refractivity contribution in [2.24, 2.45) is 5.92 Å². The van der Waals surface area contributed by atoms with Crippen LogP contribution in [0.25, 0.3) is 11.0 Å². The molecule has 25 heavy (non-hydrogen) atoms. The van der Waals surface area contributed by atoms with Crippen molar-refractivity contribution in [1.29, 1.82) is 0 Å². The molecule has 2 aromatic rings. The fourth-order valence-corrected chi connectivity index (χ4v) is 3.70. The Balaban J connectivity index is 1.35. The molecule has 0 saturated carbocycles. The number of benzene rings is 1. The third-order valence-corrected chi connectivity index (χ3v) is 5.16. The Bertz CT molecular complexity index is 770. The van der Waals surface area contributed by atoms with Gasteiger partial charge < -0.3 is 24.9 Å². The molecule has 3 N–H and O–H groups in total. The molecule has 1 aliphatic carbocycles. The Kier molecular flexibility index (Phi) is 4.63. The number of carbonyl (C=O) groups is 1. The molecule has 0 bridgehead atoms. The Morgan fingerprint density at radius 1 is 1.32 bits per heavy atom. The molecule has 6 heteroatoms. The molecule has 2 aliphatic rings. The number of fused-ring (bicyclic) bond motifs is 3. The molecule has 4 rings (SSSR count). The predicted molar refractivity (Wildman–Crippen MR) is 93.7 cm³/mol. The summed E-state index contributed by atoms with van der Waals surface area (Å²) in [6.07, 6.45) is 4.03. The zero-order chi connectivity index (χ0) is 17.2. The minimum atomic E-state index is -0.393. The maximum atomic E-state index is 12.0. The van der Waals surface area contributed by atoms with Crippen LogP contribution in [0.15, 0.2) is 22.6 Å². The number of hydrogen-bond acceptors (Lipinski definition) is 5. The van der Waals surface area contributed by atoms with Crippen molar-refractivity contribution in [1.82, 2.24) is 10.6 Å². The Morgan fingerprint density at radius 3 is 3.04 bits per heavy atom. The van der Waals surface area contributed by atoms with E-state index in [2.05, 4.69) is 10.6 Å². The number of furan rings is 1. The number of rotatable bonds is 5. The first-order valence-electron chi connectivity index (χ1n) is 9.03. The number of β-amino-alcohol motifs (C(OH)–C–C–N with tert-alkyl or cyclic N) is 1. The van der Waals surface area contributed by atoms with Crippen LogP contribution in [-0.4, -0.2) is 43.4 Å². The van der Waals surface area contributed by atoms with Crippen molar-refractivity contribution in [2.75, 3.05) is 26.2 Å². The number of aryl methyl sites for hydroxylation is 2. The molecule has 1 aromatic carbocycles. The van der Waals surface area contributed by atoms with E-state index in [0.717, 1.165) is 36.1 Å². The van der Waals surface area contributed by atoms with E-state index in [9.17, 15) is 9.90 Å². The number of hydrogen-bond donors (Lipinski definition) is 3. The summed E-state index contributed by atoms with van der Waals surface area (Å²) in [7, 11) is 0. The zero-order valence-corrected chi connectivity index (χ0v) is 14.2. The monoisotopic (exact) mass is 344 g/mol. The van der Waals surface area contributed by atoms with Crippen LogP contribution in [0.4, 0.5) is 0 Å². The molecule has 1 saturated heterocycles. The summed E-state index contributed by atoms with van der Waals surface area (Å²) < 4.78 is 11.6. The van der Waals surface area contributed by atoms with E-state index in [1.807, 2.05) is 18.2 Å². The fourth-order valence-electron chi connectivity index (χ4n) is 3.70. The Morgan fingerprint density at radius 2 is 2.20 bits per heavy atom. The van der Waals surface area contributed by atoms with Crippen LogP contribution in [0.1, 0.15) is 24.2 Å². The fraction of sp³-hybridized carbons (Fsp3) is 0.526. The van der Waals surface area contributed by atoms with Gasteiger partial charge in [0.15, 0.2) is 6.61 Å². The summed E-state index contributed by atoms with van der Waals surface area (Å²) in [4.78, 5) is 12.0. The van der Waals surface area contributed by atoms with Crippen LogP contribution in [0.3, 0.4) is 0 Å². The van der Waals surface area contributed by atoms with Gasteiger partial charge >= 0.3 is 0 Å². The van der Waals surface area contributed by atoms with E-state index in [-0.39, 0.29) is 18.4 Å². The molecule has 0 spiro atoms.